The van der Waals surface area contributed by atoms with E-state index in [1.165, 1.54) is 5.56 Å². The van der Waals surface area contributed by atoms with Crippen LogP contribution in [0.4, 0.5) is 0 Å². The number of carbonyl (C=O) groups is 1. The van der Waals surface area contributed by atoms with E-state index in [1.54, 1.807) is 6.20 Å². The number of aromatic nitrogens is 3. The number of nitrogens with one attached hydrogen (secondary N) is 1. The van der Waals surface area contributed by atoms with Crippen molar-refractivity contribution in [2.45, 2.75) is 38.8 Å². The zero-order valence-corrected chi connectivity index (χ0v) is 17.2. The summed E-state index contributed by atoms with van der Waals surface area (Å²) in [6.07, 6.45) is 3.74. The van der Waals surface area contributed by atoms with Gasteiger partial charge in [-0.05, 0) is 36.6 Å². The average molecular weight is 399 g/mol. The van der Waals surface area contributed by atoms with Gasteiger partial charge in [-0.2, -0.15) is 0 Å². The molecule has 0 radical (unpaired) electrons. The van der Waals surface area contributed by atoms with E-state index in [0.717, 1.165) is 41.9 Å². The fourth-order valence-electron chi connectivity index (χ4n) is 3.67. The highest BCUT2D eigenvalue weighted by Gasteiger charge is 2.14. The lowest BCUT2D eigenvalue weighted by molar-refractivity contribution is -0.121. The van der Waals surface area contributed by atoms with Crippen LogP contribution >= 0.6 is 0 Å². The van der Waals surface area contributed by atoms with E-state index in [9.17, 15) is 4.79 Å². The molecule has 4 rings (SSSR count). The van der Waals surface area contributed by atoms with Crippen molar-refractivity contribution in [3.8, 4) is 0 Å². The Hall–Kier alpha value is -3.47. The molecule has 0 bridgehead atoms. The molecule has 2 aromatic carbocycles. The van der Waals surface area contributed by atoms with Crippen molar-refractivity contribution in [1.29, 1.82) is 0 Å². The van der Waals surface area contributed by atoms with E-state index >= 15 is 0 Å². The molecule has 1 amide bonds. The fourth-order valence-corrected chi connectivity index (χ4v) is 3.67. The zero-order valence-electron chi connectivity index (χ0n) is 17.2. The smallest absolute Gasteiger partial charge is 0.220 e. The van der Waals surface area contributed by atoms with Gasteiger partial charge in [0.15, 0.2) is 5.65 Å². The molecule has 0 spiro atoms. The van der Waals surface area contributed by atoms with Crippen molar-refractivity contribution >= 4 is 17.1 Å². The maximum absolute atomic E-state index is 12.4. The number of pyridine rings is 1. The lowest BCUT2D eigenvalue weighted by Crippen LogP contribution is -2.26. The highest BCUT2D eigenvalue weighted by atomic mass is 16.1. The van der Waals surface area contributed by atoms with Crippen molar-refractivity contribution < 1.29 is 4.79 Å². The maximum atomic E-state index is 12.4. The number of hydrogen-bond acceptors (Lipinski definition) is 3. The lowest BCUT2D eigenvalue weighted by Gasteiger charge is -2.14. The van der Waals surface area contributed by atoms with Crippen molar-refractivity contribution in [1.82, 2.24) is 19.9 Å². The first-order valence-electron chi connectivity index (χ1n) is 10.4. The van der Waals surface area contributed by atoms with Crippen LogP contribution in [0.15, 0.2) is 79.0 Å². The van der Waals surface area contributed by atoms with Crippen LogP contribution in [-0.2, 0) is 17.8 Å². The van der Waals surface area contributed by atoms with Crippen molar-refractivity contribution in [2.24, 2.45) is 0 Å². The van der Waals surface area contributed by atoms with Crippen LogP contribution in [0.5, 0.6) is 0 Å². The van der Waals surface area contributed by atoms with E-state index in [-0.39, 0.29) is 11.9 Å². The molecule has 0 fully saturated rings. The van der Waals surface area contributed by atoms with E-state index in [1.807, 2.05) is 67.6 Å². The molecule has 30 heavy (non-hydrogen) atoms. The molecular weight excluding hydrogens is 372 g/mol. The van der Waals surface area contributed by atoms with Crippen LogP contribution < -0.4 is 5.32 Å². The number of benzene rings is 2. The normalized spacial score (nSPS) is 12.0. The molecule has 0 aliphatic rings. The van der Waals surface area contributed by atoms with Crippen LogP contribution in [-0.4, -0.2) is 20.4 Å². The number of nitrogens with zero attached hydrogens (tertiary/aromatic N) is 3. The van der Waals surface area contributed by atoms with E-state index in [2.05, 4.69) is 27.0 Å². The molecule has 0 saturated heterocycles. The molecule has 1 N–H and O–H groups in total. The Morgan fingerprint density at radius 2 is 1.73 bits per heavy atom. The van der Waals surface area contributed by atoms with Crippen LogP contribution in [0.3, 0.4) is 0 Å². The summed E-state index contributed by atoms with van der Waals surface area (Å²) in [5, 5.41) is 3.08. The number of imidazole rings is 1. The quantitative estimate of drug-likeness (QED) is 0.469. The standard InChI is InChI=1S/C25H26N4O/c1-19(21-12-6-3-7-13-21)27-24(30)16-8-15-23-28-22-14-9-17-26-25(22)29(23)18-20-10-4-2-5-11-20/h2-7,9-14,17,19H,8,15-16,18H2,1H3,(H,27,30)/t19-/m0/s1. The SMILES string of the molecule is C[C@H](NC(=O)CCCc1nc2cccnc2n1Cc1ccccc1)c1ccccc1. The summed E-state index contributed by atoms with van der Waals surface area (Å²) in [4.78, 5) is 21.7. The van der Waals surface area contributed by atoms with Gasteiger partial charge in [-0.15, -0.1) is 0 Å². The molecule has 4 aromatic rings. The number of hydrogen-bond donors (Lipinski definition) is 1. The minimum atomic E-state index is 0.00514. The van der Waals surface area contributed by atoms with Gasteiger partial charge in [-0.1, -0.05) is 60.7 Å². The van der Waals surface area contributed by atoms with Gasteiger partial charge in [0, 0.05) is 19.0 Å². The first kappa shape index (κ1) is 19.8. The molecule has 0 saturated carbocycles. The fraction of sp³-hybridized carbons (Fsp3) is 0.240. The molecule has 0 unspecified atom stereocenters. The Bertz CT molecular complexity index is 1110. The number of fused-ring (bicyclic) bond motifs is 1. The van der Waals surface area contributed by atoms with E-state index < -0.39 is 0 Å². The van der Waals surface area contributed by atoms with Gasteiger partial charge in [0.1, 0.15) is 11.3 Å². The Balaban J connectivity index is 1.41. The Morgan fingerprint density at radius 3 is 2.50 bits per heavy atom. The van der Waals surface area contributed by atoms with Crippen LogP contribution in [0.25, 0.3) is 11.2 Å². The van der Waals surface area contributed by atoms with Gasteiger partial charge in [0.05, 0.1) is 12.6 Å². The van der Waals surface area contributed by atoms with Crippen molar-refractivity contribution in [3.63, 3.8) is 0 Å². The highest BCUT2D eigenvalue weighted by molar-refractivity contribution is 5.76. The summed E-state index contributed by atoms with van der Waals surface area (Å²) in [7, 11) is 0. The van der Waals surface area contributed by atoms with Gasteiger partial charge in [0.25, 0.3) is 0 Å². The number of rotatable bonds is 8. The second-order valence-corrected chi connectivity index (χ2v) is 7.50. The van der Waals surface area contributed by atoms with Crippen LogP contribution in [0, 0.1) is 0 Å². The van der Waals surface area contributed by atoms with Gasteiger partial charge >= 0.3 is 0 Å². The summed E-state index contributed by atoms with van der Waals surface area (Å²) >= 11 is 0. The third kappa shape index (κ3) is 4.74. The van der Waals surface area contributed by atoms with Crippen molar-refractivity contribution in [3.05, 3.63) is 95.9 Å². The Labute approximate surface area is 176 Å². The summed E-state index contributed by atoms with van der Waals surface area (Å²) in [6.45, 7) is 2.74. The summed E-state index contributed by atoms with van der Waals surface area (Å²) < 4.78 is 2.16. The van der Waals surface area contributed by atoms with Crippen molar-refractivity contribution in [2.75, 3.05) is 0 Å². The summed E-state index contributed by atoms with van der Waals surface area (Å²) in [5.74, 6) is 1.03. The lowest BCUT2D eigenvalue weighted by atomic mass is 10.1. The third-order valence-corrected chi connectivity index (χ3v) is 5.25. The monoisotopic (exact) mass is 398 g/mol. The summed E-state index contributed by atoms with van der Waals surface area (Å²) in [5.41, 5.74) is 4.10. The first-order chi connectivity index (χ1) is 14.7. The third-order valence-electron chi connectivity index (χ3n) is 5.25. The van der Waals surface area contributed by atoms with Gasteiger partial charge in [-0.25, -0.2) is 9.97 Å². The predicted octanol–water partition coefficient (Wildman–Crippen LogP) is 4.68. The maximum Gasteiger partial charge on any atom is 0.220 e. The Kier molecular flexibility index (Phi) is 6.18. The zero-order chi connectivity index (χ0) is 20.8. The molecule has 0 aliphatic heterocycles. The van der Waals surface area contributed by atoms with Gasteiger partial charge in [0.2, 0.25) is 5.91 Å². The highest BCUT2D eigenvalue weighted by Crippen LogP contribution is 2.18. The molecule has 5 heteroatoms. The molecule has 2 heterocycles. The van der Waals surface area contributed by atoms with Gasteiger partial charge < -0.3 is 9.88 Å². The van der Waals surface area contributed by atoms with Crippen LogP contribution in [0.2, 0.25) is 0 Å². The second-order valence-electron chi connectivity index (χ2n) is 7.50. The molecule has 5 nitrogen and oxygen atoms in total. The topological polar surface area (TPSA) is 59.8 Å². The number of aryl methyl sites for hydroxylation is 1. The molecule has 152 valence electrons. The summed E-state index contributed by atoms with van der Waals surface area (Å²) in [6, 6.07) is 24.2. The van der Waals surface area contributed by atoms with Crippen LogP contribution in [0.1, 0.15) is 42.8 Å². The molecule has 1 atom stereocenters. The first-order valence-corrected chi connectivity index (χ1v) is 10.4. The second kappa shape index (κ2) is 9.35. The molecular formula is C25H26N4O. The average Bonchev–Trinajstić information content (AvgIpc) is 3.12. The molecule has 2 aromatic heterocycles. The van der Waals surface area contributed by atoms with E-state index in [4.69, 9.17) is 4.98 Å². The number of amides is 1. The largest absolute Gasteiger partial charge is 0.350 e. The number of carbonyl (C=O) groups excluding carboxylic acids is 1. The van der Waals surface area contributed by atoms with E-state index in [0.29, 0.717) is 6.42 Å². The minimum absolute atomic E-state index is 0.00514. The Morgan fingerprint density at radius 1 is 1.00 bits per heavy atom. The van der Waals surface area contributed by atoms with Gasteiger partial charge in [-0.3, -0.25) is 4.79 Å². The molecule has 0 aliphatic carbocycles. The minimum Gasteiger partial charge on any atom is -0.350 e. The predicted molar refractivity (Wildman–Crippen MR) is 119 cm³/mol.